The van der Waals surface area contributed by atoms with Crippen molar-refractivity contribution in [3.63, 3.8) is 0 Å². The zero-order valence-electron chi connectivity index (χ0n) is 16.2. The van der Waals surface area contributed by atoms with Crippen LogP contribution in [-0.4, -0.2) is 27.9 Å². The number of halogens is 3. The average molecular weight is 567 g/mol. The first kappa shape index (κ1) is 20.9. The van der Waals surface area contributed by atoms with Crippen molar-refractivity contribution in [2.24, 2.45) is 0 Å². The van der Waals surface area contributed by atoms with E-state index < -0.39 is 23.4 Å². The second-order valence-corrected chi connectivity index (χ2v) is 10.1. The van der Waals surface area contributed by atoms with Gasteiger partial charge in [-0.3, -0.25) is 9.59 Å². The third-order valence-electron chi connectivity index (χ3n) is 5.86. The van der Waals surface area contributed by atoms with Crippen LogP contribution in [0.5, 0.6) is 11.5 Å². The Bertz CT molecular complexity index is 1250. The summed E-state index contributed by atoms with van der Waals surface area (Å²) < 4.78 is 14.0. The number of hydrogen-bond acceptors (Lipinski definition) is 5. The normalized spacial score (nSPS) is 26.0. The molecule has 0 amide bonds. The Kier molecular flexibility index (Phi) is 4.75. The molecule has 158 valence electrons. The molecule has 2 aromatic rings. The fraction of sp³-hybridized carbons (Fsp3) is 0.217. The van der Waals surface area contributed by atoms with Crippen molar-refractivity contribution in [3.05, 3.63) is 72.8 Å². The number of ether oxygens (including phenoxy) is 2. The molecule has 3 aliphatic rings. The van der Waals surface area contributed by atoms with Crippen LogP contribution in [0.15, 0.2) is 61.7 Å². The van der Waals surface area contributed by atoms with Gasteiger partial charge in [-0.15, -0.1) is 0 Å². The van der Waals surface area contributed by atoms with Crippen LogP contribution in [0, 0.1) is 0 Å². The number of fused-ring (bicyclic) bond motifs is 4. The predicted octanol–water partition coefficient (Wildman–Crippen LogP) is 5.10. The lowest BCUT2D eigenvalue weighted by Crippen LogP contribution is -2.66. The van der Waals surface area contributed by atoms with Crippen molar-refractivity contribution in [1.29, 1.82) is 0 Å². The molecule has 2 atom stereocenters. The van der Waals surface area contributed by atoms with E-state index >= 15 is 0 Å². The highest BCUT2D eigenvalue weighted by Crippen LogP contribution is 2.56. The number of benzene rings is 2. The number of ketones is 2. The highest BCUT2D eigenvalue weighted by atomic mass is 79.9. The van der Waals surface area contributed by atoms with Crippen molar-refractivity contribution in [1.82, 2.24) is 0 Å². The lowest BCUT2D eigenvalue weighted by Gasteiger charge is -2.48. The lowest BCUT2D eigenvalue weighted by atomic mass is 9.65. The van der Waals surface area contributed by atoms with Gasteiger partial charge >= 0.3 is 0 Å². The monoisotopic (exact) mass is 564 g/mol. The van der Waals surface area contributed by atoms with Crippen LogP contribution in [0.4, 0.5) is 0 Å². The number of Topliss-reactive ketones (excluding diaryl/α,β-unsaturated/α-hetero) is 2. The summed E-state index contributed by atoms with van der Waals surface area (Å²) in [4.78, 5) is 25.5. The minimum atomic E-state index is -2.19. The molecule has 0 unspecified atom stereocenters. The van der Waals surface area contributed by atoms with Crippen LogP contribution in [0.1, 0.15) is 24.5 Å². The fourth-order valence-corrected chi connectivity index (χ4v) is 5.59. The van der Waals surface area contributed by atoms with Gasteiger partial charge in [0.2, 0.25) is 5.78 Å². The molecule has 1 aliphatic carbocycles. The fourth-order valence-electron chi connectivity index (χ4n) is 4.51. The zero-order valence-corrected chi connectivity index (χ0v) is 20.1. The molecule has 0 aromatic heterocycles. The van der Waals surface area contributed by atoms with Crippen LogP contribution in [-0.2, 0) is 16.0 Å². The highest BCUT2D eigenvalue weighted by molar-refractivity contribution is 9.10. The van der Waals surface area contributed by atoms with Gasteiger partial charge < -0.3 is 14.6 Å². The van der Waals surface area contributed by atoms with Gasteiger partial charge in [0.1, 0.15) is 22.3 Å². The zero-order chi connectivity index (χ0) is 22.1. The van der Waals surface area contributed by atoms with Gasteiger partial charge in [-0.05, 0) is 55.0 Å². The maximum atomic E-state index is 13.4. The van der Waals surface area contributed by atoms with Gasteiger partial charge in [0.15, 0.2) is 17.0 Å². The van der Waals surface area contributed by atoms with Crippen LogP contribution < -0.4 is 9.47 Å². The Morgan fingerprint density at radius 3 is 2.55 bits per heavy atom. The molecule has 0 saturated carbocycles. The molecule has 0 radical (unpaired) electrons. The van der Waals surface area contributed by atoms with E-state index in [1.165, 1.54) is 6.92 Å². The quantitative estimate of drug-likeness (QED) is 0.548. The van der Waals surface area contributed by atoms with Crippen molar-refractivity contribution >= 4 is 61.1 Å². The SMILES string of the molecule is CC(=O)C[C@@]1(O)C(=O)C(Cl)=C2Oc3ccc(Br)cc3C=C2[C@@]12Cc1cc(Br)ccc1O2. The van der Waals surface area contributed by atoms with E-state index in [2.05, 4.69) is 31.9 Å². The first-order valence-electron chi connectivity index (χ1n) is 9.48. The van der Waals surface area contributed by atoms with Crippen molar-refractivity contribution in [2.75, 3.05) is 0 Å². The van der Waals surface area contributed by atoms with Crippen molar-refractivity contribution in [2.45, 2.75) is 31.0 Å². The summed E-state index contributed by atoms with van der Waals surface area (Å²) in [5.41, 5.74) is -1.80. The third-order valence-corrected chi connectivity index (χ3v) is 7.19. The Labute approximate surface area is 199 Å². The Hall–Kier alpha value is -1.93. The molecule has 2 aromatic carbocycles. The minimum absolute atomic E-state index is 0.140. The molecular weight excluding hydrogens is 552 g/mol. The first-order valence-corrected chi connectivity index (χ1v) is 11.4. The summed E-state index contributed by atoms with van der Waals surface area (Å²) in [6.45, 7) is 1.32. The van der Waals surface area contributed by atoms with Gasteiger partial charge in [-0.2, -0.15) is 0 Å². The van der Waals surface area contributed by atoms with Gasteiger partial charge in [0.25, 0.3) is 0 Å². The summed E-state index contributed by atoms with van der Waals surface area (Å²) >= 11 is 13.3. The molecule has 0 bridgehead atoms. The van der Waals surface area contributed by atoms with E-state index in [-0.39, 0.29) is 23.0 Å². The van der Waals surface area contributed by atoms with Crippen LogP contribution in [0.25, 0.3) is 6.08 Å². The molecule has 2 aliphatic heterocycles. The van der Waals surface area contributed by atoms with E-state index in [1.54, 1.807) is 18.2 Å². The topological polar surface area (TPSA) is 72.8 Å². The molecule has 8 heteroatoms. The smallest absolute Gasteiger partial charge is 0.214 e. The van der Waals surface area contributed by atoms with Crippen molar-refractivity contribution in [3.8, 4) is 11.5 Å². The van der Waals surface area contributed by atoms with E-state index in [9.17, 15) is 14.7 Å². The third kappa shape index (κ3) is 2.98. The molecule has 0 fully saturated rings. The summed E-state index contributed by atoms with van der Waals surface area (Å²) in [6.07, 6.45) is 1.54. The Morgan fingerprint density at radius 1 is 1.16 bits per heavy atom. The summed E-state index contributed by atoms with van der Waals surface area (Å²) in [5.74, 6) is 0.0458. The van der Waals surface area contributed by atoms with Crippen molar-refractivity contribution < 1.29 is 24.2 Å². The second kappa shape index (κ2) is 7.04. The molecule has 1 N–H and O–H groups in total. The number of carbonyl (C=O) groups excluding carboxylic acids is 2. The number of aliphatic hydroxyl groups is 1. The molecule has 0 saturated heterocycles. The molecule has 2 heterocycles. The van der Waals surface area contributed by atoms with Crippen LogP contribution >= 0.6 is 43.5 Å². The largest absolute Gasteiger partial charge is 0.478 e. The Balaban J connectivity index is 1.80. The summed E-state index contributed by atoms with van der Waals surface area (Å²) in [5, 5.41) is 11.5. The maximum Gasteiger partial charge on any atom is 0.214 e. The van der Waals surface area contributed by atoms with E-state index in [0.29, 0.717) is 17.1 Å². The standard InChI is InChI=1S/C23H15Br2ClO5/c1-11(27)9-22(29)21(28)19(26)20-16(8-12-6-14(24)2-4-17(12)30-20)23(22)10-13-7-15(25)3-5-18(13)31-23/h2-8,29H,9-10H2,1H3/t22-,23+/m1/s1. The van der Waals surface area contributed by atoms with Gasteiger partial charge in [-0.25, -0.2) is 0 Å². The molecule has 5 nitrogen and oxygen atoms in total. The van der Waals surface area contributed by atoms with E-state index in [1.807, 2.05) is 24.3 Å². The summed E-state index contributed by atoms with van der Waals surface area (Å²) in [7, 11) is 0. The number of carbonyl (C=O) groups is 2. The highest BCUT2D eigenvalue weighted by Gasteiger charge is 2.67. The van der Waals surface area contributed by atoms with Crippen LogP contribution in [0.3, 0.4) is 0 Å². The lowest BCUT2D eigenvalue weighted by molar-refractivity contribution is -0.160. The molecule has 1 spiro atoms. The van der Waals surface area contributed by atoms with Gasteiger partial charge in [-0.1, -0.05) is 43.5 Å². The second-order valence-electron chi connectivity index (χ2n) is 7.91. The minimum Gasteiger partial charge on any atom is -0.478 e. The maximum absolute atomic E-state index is 13.4. The van der Waals surface area contributed by atoms with Gasteiger partial charge in [0.05, 0.1) is 0 Å². The number of hydrogen-bond donors (Lipinski definition) is 1. The number of rotatable bonds is 2. The summed E-state index contributed by atoms with van der Waals surface area (Å²) in [6, 6.07) is 10.9. The molecule has 31 heavy (non-hydrogen) atoms. The first-order chi connectivity index (χ1) is 14.6. The van der Waals surface area contributed by atoms with Crippen LogP contribution in [0.2, 0.25) is 0 Å². The predicted molar refractivity (Wildman–Crippen MR) is 122 cm³/mol. The van der Waals surface area contributed by atoms with E-state index in [4.69, 9.17) is 21.1 Å². The average Bonchev–Trinajstić information content (AvgIpc) is 3.10. The van der Waals surface area contributed by atoms with Gasteiger partial charge in [0, 0.05) is 32.9 Å². The van der Waals surface area contributed by atoms with E-state index in [0.717, 1.165) is 20.1 Å². The molecule has 5 rings (SSSR count). The molecular formula is C23H15Br2ClO5. The Morgan fingerprint density at radius 2 is 1.84 bits per heavy atom.